The highest BCUT2D eigenvalue weighted by Gasteiger charge is 2.42. The molecule has 0 N–H and O–H groups in total. The van der Waals surface area contributed by atoms with Crippen LogP contribution in [-0.4, -0.2) is 36.1 Å². The molecule has 2 fully saturated rings. The second-order valence-electron chi connectivity index (χ2n) is 9.18. The second kappa shape index (κ2) is 7.89. The molecular weight excluding hydrogens is 401 g/mol. The van der Waals surface area contributed by atoms with Crippen LogP contribution in [-0.2, 0) is 5.54 Å². The highest BCUT2D eigenvalue weighted by molar-refractivity contribution is 5.91. The molecule has 0 radical (unpaired) electrons. The fourth-order valence-electron chi connectivity index (χ4n) is 5.98. The van der Waals surface area contributed by atoms with Gasteiger partial charge in [0.25, 0.3) is 0 Å². The molecule has 1 aliphatic carbocycles. The van der Waals surface area contributed by atoms with E-state index in [0.717, 1.165) is 43.0 Å². The summed E-state index contributed by atoms with van der Waals surface area (Å²) in [5, 5.41) is 1.85. The van der Waals surface area contributed by atoms with Gasteiger partial charge >= 0.3 is 0 Å². The van der Waals surface area contributed by atoms with Crippen molar-refractivity contribution < 1.29 is 8.81 Å². The van der Waals surface area contributed by atoms with Crippen LogP contribution in [0.5, 0.6) is 0 Å². The van der Waals surface area contributed by atoms with Crippen molar-refractivity contribution in [1.29, 1.82) is 0 Å². The van der Waals surface area contributed by atoms with E-state index < -0.39 is 0 Å². The van der Waals surface area contributed by atoms with Crippen molar-refractivity contribution in [3.8, 4) is 0 Å². The lowest BCUT2D eigenvalue weighted by atomic mass is 9.74. The molecule has 6 rings (SSSR count). The first-order valence-electron chi connectivity index (χ1n) is 11.8. The van der Waals surface area contributed by atoms with Crippen LogP contribution in [0.2, 0.25) is 0 Å². The van der Waals surface area contributed by atoms with Crippen molar-refractivity contribution in [3.63, 3.8) is 0 Å². The van der Waals surface area contributed by atoms with Crippen LogP contribution in [0.15, 0.2) is 65.4 Å². The molecule has 0 amide bonds. The summed E-state index contributed by atoms with van der Waals surface area (Å²) < 4.78 is 20.3. The van der Waals surface area contributed by atoms with E-state index in [4.69, 9.17) is 4.42 Å². The Labute approximate surface area is 187 Å². The minimum atomic E-state index is -0.205. The predicted octanol–water partition coefficient (Wildman–Crippen LogP) is 6.10. The zero-order chi connectivity index (χ0) is 21.5. The Morgan fingerprint density at radius 2 is 1.62 bits per heavy atom. The molecule has 1 aliphatic heterocycles. The van der Waals surface area contributed by atoms with E-state index in [1.807, 2.05) is 24.5 Å². The highest BCUT2D eigenvalue weighted by Crippen LogP contribution is 2.46. The van der Waals surface area contributed by atoms with Gasteiger partial charge in [0.1, 0.15) is 11.4 Å². The van der Waals surface area contributed by atoms with E-state index in [9.17, 15) is 4.39 Å². The maximum Gasteiger partial charge on any atom is 0.134 e. The predicted molar refractivity (Wildman–Crippen MR) is 126 cm³/mol. The number of fused-ring (bicyclic) bond motifs is 2. The normalized spacial score (nSPS) is 19.6. The van der Waals surface area contributed by atoms with Crippen LogP contribution in [0, 0.1) is 5.82 Å². The molecule has 0 bridgehead atoms. The van der Waals surface area contributed by atoms with Crippen molar-refractivity contribution in [2.45, 2.75) is 37.6 Å². The lowest BCUT2D eigenvalue weighted by Gasteiger charge is -2.50. The SMILES string of the molecule is Fc1ccc(N2CCN(C3(c4coc5ccccc45)CCCCC3)CC2)c2ncccc12. The third kappa shape index (κ3) is 3.10. The third-order valence-electron chi connectivity index (χ3n) is 7.58. The van der Waals surface area contributed by atoms with E-state index in [1.54, 1.807) is 18.3 Å². The molecule has 4 aromatic rings. The number of hydrogen-bond donors (Lipinski definition) is 0. The zero-order valence-corrected chi connectivity index (χ0v) is 18.3. The van der Waals surface area contributed by atoms with Crippen LogP contribution in [0.4, 0.5) is 10.1 Å². The number of benzene rings is 2. The molecule has 0 unspecified atom stereocenters. The Morgan fingerprint density at radius 3 is 2.47 bits per heavy atom. The van der Waals surface area contributed by atoms with Gasteiger partial charge in [0.2, 0.25) is 0 Å². The van der Waals surface area contributed by atoms with Gasteiger partial charge in [-0.3, -0.25) is 9.88 Å². The average Bonchev–Trinajstić information content (AvgIpc) is 3.30. The van der Waals surface area contributed by atoms with Crippen molar-refractivity contribution in [3.05, 3.63) is 72.4 Å². The molecule has 5 heteroatoms. The van der Waals surface area contributed by atoms with Crippen molar-refractivity contribution in [2.75, 3.05) is 31.1 Å². The number of nitrogens with zero attached hydrogens (tertiary/aromatic N) is 3. The monoisotopic (exact) mass is 429 g/mol. The summed E-state index contributed by atoms with van der Waals surface area (Å²) >= 11 is 0. The first-order chi connectivity index (χ1) is 15.8. The van der Waals surface area contributed by atoms with E-state index in [-0.39, 0.29) is 11.4 Å². The van der Waals surface area contributed by atoms with Crippen LogP contribution >= 0.6 is 0 Å². The summed E-state index contributed by atoms with van der Waals surface area (Å²) in [5.74, 6) is -0.205. The largest absolute Gasteiger partial charge is 0.464 e. The van der Waals surface area contributed by atoms with Crippen LogP contribution in [0.25, 0.3) is 21.9 Å². The molecule has 2 aliphatic rings. The summed E-state index contributed by atoms with van der Waals surface area (Å²) in [7, 11) is 0. The Hall–Kier alpha value is -2.92. The molecular formula is C27H28FN3O. The number of rotatable bonds is 3. The summed E-state index contributed by atoms with van der Waals surface area (Å²) in [4.78, 5) is 9.57. The summed E-state index contributed by atoms with van der Waals surface area (Å²) in [5.41, 5.74) is 4.17. The van der Waals surface area contributed by atoms with Gasteiger partial charge in [0.05, 0.1) is 17.5 Å². The number of aromatic nitrogens is 1. The average molecular weight is 430 g/mol. The van der Waals surface area contributed by atoms with E-state index >= 15 is 0 Å². The first kappa shape index (κ1) is 19.7. The van der Waals surface area contributed by atoms with E-state index in [0.29, 0.717) is 5.39 Å². The van der Waals surface area contributed by atoms with Crippen LogP contribution in [0.3, 0.4) is 0 Å². The molecule has 32 heavy (non-hydrogen) atoms. The molecule has 4 nitrogen and oxygen atoms in total. The standard InChI is InChI=1S/C27H28FN3O/c28-23-10-11-24(26-21(23)8-6-14-29-26)30-15-17-31(18-16-30)27(12-4-1-5-13-27)22-19-32-25-9-3-2-7-20(22)25/h2-3,6-11,14,19H,1,4-5,12-13,15-18H2. The summed E-state index contributed by atoms with van der Waals surface area (Å²) in [6, 6.07) is 15.5. The number of halogens is 1. The van der Waals surface area contributed by atoms with E-state index in [2.05, 4.69) is 33.0 Å². The van der Waals surface area contributed by atoms with Gasteiger partial charge in [-0.2, -0.15) is 0 Å². The Balaban J connectivity index is 1.31. The van der Waals surface area contributed by atoms with Gasteiger partial charge in [-0.15, -0.1) is 0 Å². The number of furan rings is 1. The fraction of sp³-hybridized carbons (Fsp3) is 0.370. The van der Waals surface area contributed by atoms with Gasteiger partial charge in [0.15, 0.2) is 0 Å². The fourth-order valence-corrected chi connectivity index (χ4v) is 5.98. The molecule has 1 saturated carbocycles. The number of hydrogen-bond acceptors (Lipinski definition) is 4. The van der Waals surface area contributed by atoms with Gasteiger partial charge in [-0.25, -0.2) is 4.39 Å². The number of pyridine rings is 1. The third-order valence-corrected chi connectivity index (χ3v) is 7.58. The maximum atomic E-state index is 14.3. The molecule has 2 aromatic carbocycles. The van der Waals surface area contributed by atoms with E-state index in [1.165, 1.54) is 43.1 Å². The minimum absolute atomic E-state index is 0.0417. The quantitative estimate of drug-likeness (QED) is 0.394. The lowest BCUT2D eigenvalue weighted by molar-refractivity contribution is 0.0422. The smallest absolute Gasteiger partial charge is 0.134 e. The van der Waals surface area contributed by atoms with Crippen LogP contribution in [0.1, 0.15) is 37.7 Å². The molecule has 1 saturated heterocycles. The van der Waals surface area contributed by atoms with Crippen molar-refractivity contribution in [1.82, 2.24) is 9.88 Å². The Morgan fingerprint density at radius 1 is 0.844 bits per heavy atom. The number of para-hydroxylation sites is 1. The molecule has 2 aromatic heterocycles. The molecule has 0 atom stereocenters. The first-order valence-corrected chi connectivity index (χ1v) is 11.8. The Bertz CT molecular complexity index is 1250. The number of piperazine rings is 1. The van der Waals surface area contributed by atoms with Gasteiger partial charge in [-0.05, 0) is 43.2 Å². The molecule has 0 spiro atoms. The minimum Gasteiger partial charge on any atom is -0.464 e. The van der Waals surface area contributed by atoms with Gasteiger partial charge in [0, 0.05) is 54.3 Å². The molecule has 164 valence electrons. The van der Waals surface area contributed by atoms with Crippen LogP contribution < -0.4 is 4.90 Å². The highest BCUT2D eigenvalue weighted by atomic mass is 19.1. The van der Waals surface area contributed by atoms with Crippen molar-refractivity contribution >= 4 is 27.6 Å². The maximum absolute atomic E-state index is 14.3. The summed E-state index contributed by atoms with van der Waals surface area (Å²) in [6.07, 6.45) is 9.95. The second-order valence-corrected chi connectivity index (χ2v) is 9.18. The van der Waals surface area contributed by atoms with Gasteiger partial charge in [-0.1, -0.05) is 37.5 Å². The van der Waals surface area contributed by atoms with Gasteiger partial charge < -0.3 is 9.32 Å². The lowest BCUT2D eigenvalue weighted by Crippen LogP contribution is -2.56. The summed E-state index contributed by atoms with van der Waals surface area (Å²) in [6.45, 7) is 3.78. The van der Waals surface area contributed by atoms with Crippen molar-refractivity contribution in [2.24, 2.45) is 0 Å². The topological polar surface area (TPSA) is 32.5 Å². The zero-order valence-electron chi connectivity index (χ0n) is 18.3. The number of anilines is 1. The molecule has 3 heterocycles. The Kier molecular flexibility index (Phi) is 4.87.